The Labute approximate surface area is 110 Å². The van der Waals surface area contributed by atoms with Crippen molar-refractivity contribution in [3.05, 3.63) is 54.6 Å². The standard InChI is InChI=1S/C16H14N3/c1-18-14-4-2-3-5-15(14)19-13-8-7-12(17)10-11(13)6-9-16(18)19/h2-10H,17H2,1H3/q+1. The molecule has 0 radical (unpaired) electrons. The molecule has 0 aliphatic heterocycles. The van der Waals surface area contributed by atoms with Gasteiger partial charge in [0.2, 0.25) is 0 Å². The molecule has 0 bridgehead atoms. The van der Waals surface area contributed by atoms with Crippen LogP contribution in [0.15, 0.2) is 54.6 Å². The summed E-state index contributed by atoms with van der Waals surface area (Å²) in [6.07, 6.45) is 0. The molecule has 2 aromatic heterocycles. The number of hydrogen-bond donors (Lipinski definition) is 1. The number of nitrogens with zero attached hydrogens (tertiary/aromatic N) is 2. The van der Waals surface area contributed by atoms with Crippen molar-refractivity contribution >= 4 is 33.3 Å². The van der Waals surface area contributed by atoms with Crippen LogP contribution in [0, 0.1) is 0 Å². The molecular weight excluding hydrogens is 234 g/mol. The smallest absolute Gasteiger partial charge is 0.287 e. The first-order valence-corrected chi connectivity index (χ1v) is 6.33. The van der Waals surface area contributed by atoms with E-state index in [1.807, 2.05) is 12.1 Å². The maximum atomic E-state index is 5.87. The number of benzene rings is 2. The van der Waals surface area contributed by atoms with Gasteiger partial charge in [0.25, 0.3) is 5.65 Å². The second-order valence-electron chi connectivity index (χ2n) is 4.89. The number of nitrogen functional groups attached to an aromatic ring is 1. The molecule has 0 aliphatic rings. The van der Waals surface area contributed by atoms with Crippen LogP contribution in [-0.2, 0) is 7.05 Å². The Morgan fingerprint density at radius 3 is 2.68 bits per heavy atom. The van der Waals surface area contributed by atoms with Crippen molar-refractivity contribution in [2.75, 3.05) is 5.73 Å². The molecule has 2 aromatic carbocycles. The fraction of sp³-hybridized carbons (Fsp3) is 0.0625. The fourth-order valence-corrected chi connectivity index (χ4v) is 2.85. The highest BCUT2D eigenvalue weighted by atomic mass is 15.1. The Morgan fingerprint density at radius 1 is 0.947 bits per heavy atom. The molecule has 3 nitrogen and oxygen atoms in total. The third-order valence-corrected chi connectivity index (χ3v) is 3.76. The van der Waals surface area contributed by atoms with Crippen molar-refractivity contribution in [3.63, 3.8) is 0 Å². The average Bonchev–Trinajstić information content (AvgIpc) is 2.73. The van der Waals surface area contributed by atoms with E-state index in [4.69, 9.17) is 5.73 Å². The zero-order valence-corrected chi connectivity index (χ0v) is 10.7. The molecule has 0 spiro atoms. The Hall–Kier alpha value is -2.55. The first-order valence-electron chi connectivity index (χ1n) is 6.33. The highest BCUT2D eigenvalue weighted by Crippen LogP contribution is 2.23. The van der Waals surface area contributed by atoms with E-state index < -0.39 is 0 Å². The topological polar surface area (TPSA) is 34.3 Å². The van der Waals surface area contributed by atoms with Crippen LogP contribution in [0.4, 0.5) is 5.69 Å². The van der Waals surface area contributed by atoms with Crippen molar-refractivity contribution in [1.29, 1.82) is 0 Å². The number of nitrogens with two attached hydrogens (primary N) is 1. The predicted octanol–water partition coefficient (Wildman–Crippen LogP) is 2.65. The third kappa shape index (κ3) is 1.30. The van der Waals surface area contributed by atoms with Gasteiger partial charge in [-0.15, -0.1) is 0 Å². The number of imidazole rings is 1. The van der Waals surface area contributed by atoms with Gasteiger partial charge in [-0.1, -0.05) is 12.1 Å². The summed E-state index contributed by atoms with van der Waals surface area (Å²) in [5, 5.41) is 1.16. The highest BCUT2D eigenvalue weighted by molar-refractivity contribution is 5.89. The van der Waals surface area contributed by atoms with E-state index in [1.165, 1.54) is 22.2 Å². The van der Waals surface area contributed by atoms with Crippen LogP contribution in [0.3, 0.4) is 0 Å². The summed E-state index contributed by atoms with van der Waals surface area (Å²) in [4.78, 5) is 0. The molecule has 0 atom stereocenters. The van der Waals surface area contributed by atoms with Gasteiger partial charge in [-0.3, -0.25) is 0 Å². The van der Waals surface area contributed by atoms with Gasteiger partial charge in [-0.05, 0) is 36.4 Å². The molecule has 2 N–H and O–H groups in total. The van der Waals surface area contributed by atoms with Gasteiger partial charge in [0, 0.05) is 17.1 Å². The van der Waals surface area contributed by atoms with Crippen LogP contribution in [0.5, 0.6) is 0 Å². The van der Waals surface area contributed by atoms with Crippen molar-refractivity contribution < 1.29 is 4.57 Å². The van der Waals surface area contributed by atoms with Crippen LogP contribution in [0.25, 0.3) is 27.6 Å². The quantitative estimate of drug-likeness (QED) is 0.377. The molecule has 0 fully saturated rings. The van der Waals surface area contributed by atoms with E-state index in [0.29, 0.717) is 0 Å². The number of fused-ring (bicyclic) bond motifs is 5. The van der Waals surface area contributed by atoms with E-state index in [9.17, 15) is 0 Å². The van der Waals surface area contributed by atoms with Gasteiger partial charge in [0.15, 0.2) is 11.0 Å². The predicted molar refractivity (Wildman–Crippen MR) is 78.0 cm³/mol. The molecule has 92 valence electrons. The second-order valence-corrected chi connectivity index (χ2v) is 4.89. The summed E-state index contributed by atoms with van der Waals surface area (Å²) in [6.45, 7) is 0. The number of rotatable bonds is 0. The number of para-hydroxylation sites is 2. The lowest BCUT2D eigenvalue weighted by atomic mass is 10.2. The molecule has 3 heteroatoms. The van der Waals surface area contributed by atoms with Gasteiger partial charge in [-0.2, -0.15) is 4.40 Å². The lowest BCUT2D eigenvalue weighted by Crippen LogP contribution is -2.26. The van der Waals surface area contributed by atoms with Crippen molar-refractivity contribution in [1.82, 2.24) is 4.40 Å². The lowest BCUT2D eigenvalue weighted by molar-refractivity contribution is -0.618. The maximum absolute atomic E-state index is 5.87. The first kappa shape index (κ1) is 10.4. The molecule has 2 heterocycles. The largest absolute Gasteiger partial charge is 0.399 e. The van der Waals surface area contributed by atoms with Gasteiger partial charge in [-0.25, -0.2) is 4.57 Å². The molecule has 4 aromatic rings. The zero-order chi connectivity index (χ0) is 13.0. The minimum Gasteiger partial charge on any atom is -0.399 e. The van der Waals surface area contributed by atoms with Crippen LogP contribution in [0.2, 0.25) is 0 Å². The Kier molecular flexibility index (Phi) is 1.90. The summed E-state index contributed by atoms with van der Waals surface area (Å²) in [5.74, 6) is 0. The number of pyridine rings is 1. The summed E-state index contributed by atoms with van der Waals surface area (Å²) in [5.41, 5.74) is 11.5. The van der Waals surface area contributed by atoms with Crippen LogP contribution in [0.1, 0.15) is 0 Å². The Balaban J connectivity index is 2.36. The summed E-state index contributed by atoms with van der Waals surface area (Å²) < 4.78 is 4.50. The van der Waals surface area contributed by atoms with Crippen molar-refractivity contribution in [2.24, 2.45) is 7.05 Å². The number of anilines is 1. The van der Waals surface area contributed by atoms with E-state index in [-0.39, 0.29) is 0 Å². The first-order chi connectivity index (χ1) is 9.25. The van der Waals surface area contributed by atoms with E-state index in [1.54, 1.807) is 0 Å². The number of aromatic nitrogens is 2. The van der Waals surface area contributed by atoms with E-state index in [0.717, 1.165) is 11.1 Å². The maximum Gasteiger partial charge on any atom is 0.287 e. The number of hydrogen-bond acceptors (Lipinski definition) is 1. The van der Waals surface area contributed by atoms with Gasteiger partial charge < -0.3 is 5.73 Å². The SMILES string of the molecule is C[n+]1c2ccccc2n2c3ccc(N)cc3ccc21. The Morgan fingerprint density at radius 2 is 1.79 bits per heavy atom. The summed E-state index contributed by atoms with van der Waals surface area (Å²) >= 11 is 0. The van der Waals surface area contributed by atoms with Crippen LogP contribution in [-0.4, -0.2) is 4.40 Å². The number of aryl methyl sites for hydroxylation is 1. The van der Waals surface area contributed by atoms with Crippen molar-refractivity contribution in [3.8, 4) is 0 Å². The van der Waals surface area contributed by atoms with Gasteiger partial charge in [0.1, 0.15) is 5.52 Å². The minimum absolute atomic E-state index is 0.799. The molecule has 4 rings (SSSR count). The summed E-state index contributed by atoms with van der Waals surface area (Å²) in [6, 6.07) is 18.8. The minimum atomic E-state index is 0.799. The Bertz CT molecular complexity index is 935. The summed E-state index contributed by atoms with van der Waals surface area (Å²) in [7, 11) is 2.10. The fourth-order valence-electron chi connectivity index (χ4n) is 2.85. The highest BCUT2D eigenvalue weighted by Gasteiger charge is 2.17. The molecule has 0 saturated carbocycles. The van der Waals surface area contributed by atoms with Crippen molar-refractivity contribution in [2.45, 2.75) is 0 Å². The second kappa shape index (κ2) is 3.48. The lowest BCUT2D eigenvalue weighted by Gasteiger charge is -1.99. The molecule has 0 saturated heterocycles. The third-order valence-electron chi connectivity index (χ3n) is 3.76. The van der Waals surface area contributed by atoms with Crippen LogP contribution < -0.4 is 10.3 Å². The molecule has 0 amide bonds. The molecule has 0 aliphatic carbocycles. The molecule has 19 heavy (non-hydrogen) atoms. The normalized spacial score (nSPS) is 11.6. The molecule has 0 unspecified atom stereocenters. The van der Waals surface area contributed by atoms with Crippen LogP contribution >= 0.6 is 0 Å². The zero-order valence-electron chi connectivity index (χ0n) is 10.7. The van der Waals surface area contributed by atoms with Gasteiger partial charge in [0.05, 0.1) is 7.05 Å². The molecular formula is C16H14N3+. The van der Waals surface area contributed by atoms with E-state index >= 15 is 0 Å². The van der Waals surface area contributed by atoms with Gasteiger partial charge >= 0.3 is 0 Å². The van der Waals surface area contributed by atoms with E-state index in [2.05, 4.69) is 58.5 Å². The average molecular weight is 248 g/mol. The monoisotopic (exact) mass is 248 g/mol.